The number of ether oxygens (including phenoxy) is 4. The van der Waals surface area contributed by atoms with Crippen molar-refractivity contribution in [3.63, 3.8) is 0 Å². The van der Waals surface area contributed by atoms with Gasteiger partial charge >= 0.3 is 0 Å². The zero-order valence-electron chi connectivity index (χ0n) is 34.7. The van der Waals surface area contributed by atoms with Crippen molar-refractivity contribution in [1.82, 2.24) is 9.80 Å². The molecule has 4 aromatic carbocycles. The fourth-order valence-electron chi connectivity index (χ4n) is 6.74. The zero-order valence-corrected chi connectivity index (χ0v) is 34.7. The number of nitro groups is 4. The average Bonchev–Trinajstić information content (AvgIpc) is 3.28. The number of nitro benzene ring substituents is 4. The van der Waals surface area contributed by atoms with Crippen molar-refractivity contribution in [1.29, 1.82) is 0 Å². The molecule has 1 aliphatic heterocycles. The third-order valence-electron chi connectivity index (χ3n) is 9.99. The summed E-state index contributed by atoms with van der Waals surface area (Å²) in [5.74, 6) is -0.836. The summed E-state index contributed by atoms with van der Waals surface area (Å²) >= 11 is 0. The number of hydrogen-bond donors (Lipinski definition) is 2. The van der Waals surface area contributed by atoms with Crippen LogP contribution in [-0.4, -0.2) is 132 Å². The van der Waals surface area contributed by atoms with Crippen molar-refractivity contribution >= 4 is 45.9 Å². The molecule has 2 amide bonds. The van der Waals surface area contributed by atoms with Crippen LogP contribution in [0.1, 0.15) is 11.1 Å². The predicted octanol–water partition coefficient (Wildman–Crippen LogP) is 4.80. The van der Waals surface area contributed by atoms with Gasteiger partial charge in [-0.05, 0) is 23.3 Å². The van der Waals surface area contributed by atoms with Crippen LogP contribution in [0.5, 0.6) is 0 Å². The van der Waals surface area contributed by atoms with Crippen molar-refractivity contribution in [3.05, 3.63) is 149 Å². The lowest BCUT2D eigenvalue weighted by atomic mass is 10.0. The quantitative estimate of drug-likeness (QED) is 0.127. The van der Waals surface area contributed by atoms with Crippen LogP contribution in [0.3, 0.4) is 0 Å². The van der Waals surface area contributed by atoms with Crippen molar-refractivity contribution in [3.8, 4) is 0 Å². The molecule has 340 valence electrons. The van der Waals surface area contributed by atoms with Gasteiger partial charge in [-0.25, -0.2) is 0 Å². The lowest BCUT2D eigenvalue weighted by molar-refractivity contribution is -0.393. The van der Waals surface area contributed by atoms with Crippen molar-refractivity contribution in [2.24, 2.45) is 0 Å². The number of anilines is 2. The Morgan fingerprint density at radius 1 is 0.484 bits per heavy atom. The minimum absolute atomic E-state index is 0.0650. The van der Waals surface area contributed by atoms with E-state index < -0.39 is 66.3 Å². The number of carbonyl (C=O) groups is 2. The van der Waals surface area contributed by atoms with Crippen molar-refractivity contribution in [2.75, 3.05) is 89.7 Å². The molecule has 1 fully saturated rings. The molecule has 0 unspecified atom stereocenters. The van der Waals surface area contributed by atoms with E-state index in [1.165, 1.54) is 21.9 Å². The molecule has 1 saturated heterocycles. The van der Waals surface area contributed by atoms with Gasteiger partial charge in [0.05, 0.1) is 84.7 Å². The smallest absolute Gasteiger partial charge is 0.299 e. The number of non-ortho nitro benzene ring substituents is 2. The highest BCUT2D eigenvalue weighted by molar-refractivity contribution is 5.87. The second-order valence-corrected chi connectivity index (χ2v) is 14.3. The van der Waals surface area contributed by atoms with Crippen LogP contribution >= 0.6 is 0 Å². The number of rotatable bonds is 14. The normalized spacial score (nSPS) is 15.7. The van der Waals surface area contributed by atoms with Gasteiger partial charge in [0.1, 0.15) is 23.5 Å². The second-order valence-electron chi connectivity index (χ2n) is 14.3. The van der Waals surface area contributed by atoms with Gasteiger partial charge in [0, 0.05) is 51.2 Å². The lowest BCUT2D eigenvalue weighted by Gasteiger charge is -2.29. The maximum Gasteiger partial charge on any atom is 0.299 e. The van der Waals surface area contributed by atoms with Crippen LogP contribution in [0.4, 0.5) is 34.1 Å². The van der Waals surface area contributed by atoms with Crippen LogP contribution in [-0.2, 0) is 41.4 Å². The summed E-state index contributed by atoms with van der Waals surface area (Å²) < 4.78 is 23.3. The number of benzene rings is 4. The summed E-state index contributed by atoms with van der Waals surface area (Å²) in [6.07, 6.45) is 0.264. The Balaban J connectivity index is 1.25. The molecule has 22 heteroatoms. The van der Waals surface area contributed by atoms with Crippen LogP contribution in [0.2, 0.25) is 0 Å². The van der Waals surface area contributed by atoms with Gasteiger partial charge in [-0.15, -0.1) is 0 Å². The molecule has 0 spiro atoms. The van der Waals surface area contributed by atoms with E-state index in [4.69, 9.17) is 18.9 Å². The summed E-state index contributed by atoms with van der Waals surface area (Å²) in [6.45, 7) is 1.27. The topological polar surface area (TPSA) is 274 Å². The number of carbonyl (C=O) groups excluding carboxylic acids is 2. The fourth-order valence-corrected chi connectivity index (χ4v) is 6.74. The Morgan fingerprint density at radius 2 is 0.812 bits per heavy atom. The number of hydrogen-bond acceptors (Lipinski definition) is 16. The lowest BCUT2D eigenvalue weighted by Crippen LogP contribution is -2.47. The van der Waals surface area contributed by atoms with Crippen LogP contribution < -0.4 is 10.6 Å². The minimum atomic E-state index is -1.02. The standard InChI is InChI=1S/C42H48N8O14/c51-41(37(27-31-7-3-1-4-8-31)43-35-13-11-33(47(53)54)29-39(35)49(57)58)45-15-19-61-23-25-63-21-17-46(18-22-64-26-24-62-20-16-45)42(52)38(28-32-9-5-2-6-10-32)44-36-14-12-34(48(55)56)30-40(36)50(59)60/h1-14,29-30,37-38,43-44H,15-28H2/t37-,38-/m1/s1. The van der Waals surface area contributed by atoms with Gasteiger partial charge in [-0.1, -0.05) is 60.7 Å². The molecular formula is C42H48N8O14. The van der Waals surface area contributed by atoms with Gasteiger partial charge in [-0.3, -0.25) is 50.0 Å². The molecule has 5 rings (SSSR count). The van der Waals surface area contributed by atoms with Crippen molar-refractivity contribution < 1.29 is 48.2 Å². The highest BCUT2D eigenvalue weighted by Gasteiger charge is 2.30. The van der Waals surface area contributed by atoms with E-state index in [-0.39, 0.29) is 103 Å². The van der Waals surface area contributed by atoms with E-state index in [9.17, 15) is 50.0 Å². The van der Waals surface area contributed by atoms with Gasteiger partial charge in [0.15, 0.2) is 0 Å². The van der Waals surface area contributed by atoms with Crippen LogP contribution in [0.25, 0.3) is 0 Å². The molecule has 22 nitrogen and oxygen atoms in total. The summed E-state index contributed by atoms with van der Waals surface area (Å²) in [4.78, 5) is 75.1. The number of nitrogens with one attached hydrogen (secondary N) is 2. The highest BCUT2D eigenvalue weighted by Crippen LogP contribution is 2.31. The third-order valence-corrected chi connectivity index (χ3v) is 9.99. The van der Waals surface area contributed by atoms with E-state index in [1.54, 1.807) is 24.3 Å². The fraction of sp³-hybridized carbons (Fsp3) is 0.381. The maximum absolute atomic E-state index is 14.2. The van der Waals surface area contributed by atoms with Gasteiger partial charge in [0.25, 0.3) is 22.7 Å². The average molecular weight is 889 g/mol. The van der Waals surface area contributed by atoms with Gasteiger partial charge in [0.2, 0.25) is 11.8 Å². The SMILES string of the molecule is O=C([C@@H](Cc1ccccc1)Nc1ccc([N+](=O)[O-])cc1[N+](=O)[O-])N1CCOCCOCCN(C(=O)[C@@H](Cc2ccccc2)Nc2ccc([N+](=O)[O-])cc2[N+](=O)[O-])CCOCCOCC1. The molecule has 1 aliphatic rings. The number of nitrogens with zero attached hydrogens (tertiary/aromatic N) is 6. The van der Waals surface area contributed by atoms with Crippen LogP contribution in [0.15, 0.2) is 97.1 Å². The van der Waals surface area contributed by atoms with Gasteiger partial charge in [-0.2, -0.15) is 0 Å². The van der Waals surface area contributed by atoms with Crippen LogP contribution in [0, 0.1) is 40.5 Å². The zero-order chi connectivity index (χ0) is 45.8. The molecule has 4 aromatic rings. The molecule has 2 atom stereocenters. The Labute approximate surface area is 366 Å². The molecule has 0 saturated carbocycles. The largest absolute Gasteiger partial charge is 0.377 e. The Bertz CT molecular complexity index is 2040. The van der Waals surface area contributed by atoms with E-state index in [0.717, 1.165) is 35.4 Å². The first-order chi connectivity index (χ1) is 30.9. The molecule has 0 bridgehead atoms. The molecule has 2 N–H and O–H groups in total. The first-order valence-electron chi connectivity index (χ1n) is 20.3. The Morgan fingerprint density at radius 3 is 1.11 bits per heavy atom. The molecule has 0 aliphatic carbocycles. The van der Waals surface area contributed by atoms with E-state index in [0.29, 0.717) is 0 Å². The summed E-state index contributed by atoms with van der Waals surface area (Å²) in [5, 5.41) is 52.6. The first kappa shape index (κ1) is 47.9. The molecule has 1 heterocycles. The van der Waals surface area contributed by atoms with Gasteiger partial charge < -0.3 is 39.4 Å². The van der Waals surface area contributed by atoms with E-state index in [2.05, 4.69) is 10.6 Å². The van der Waals surface area contributed by atoms with E-state index in [1.807, 2.05) is 36.4 Å². The van der Waals surface area contributed by atoms with Crippen molar-refractivity contribution in [2.45, 2.75) is 24.9 Å². The first-order valence-corrected chi connectivity index (χ1v) is 20.3. The Kier molecular flexibility index (Phi) is 18.3. The minimum Gasteiger partial charge on any atom is -0.377 e. The summed E-state index contributed by atoms with van der Waals surface area (Å²) in [6, 6.07) is 22.3. The summed E-state index contributed by atoms with van der Waals surface area (Å²) in [7, 11) is 0. The number of amides is 2. The third kappa shape index (κ3) is 14.5. The molecular weight excluding hydrogens is 841 g/mol. The second kappa shape index (κ2) is 24.5. The Hall–Kier alpha value is -7.14. The molecule has 64 heavy (non-hydrogen) atoms. The summed E-state index contributed by atoms with van der Waals surface area (Å²) in [5.41, 5.74) is -0.668. The monoisotopic (exact) mass is 888 g/mol. The molecule has 0 aromatic heterocycles. The maximum atomic E-state index is 14.2. The molecule has 0 radical (unpaired) electrons. The highest BCUT2D eigenvalue weighted by atomic mass is 16.6. The van der Waals surface area contributed by atoms with E-state index >= 15 is 0 Å². The predicted molar refractivity (Wildman–Crippen MR) is 231 cm³/mol.